The van der Waals surface area contributed by atoms with Crippen LogP contribution in [-0.2, 0) is 11.2 Å². The van der Waals surface area contributed by atoms with Gasteiger partial charge in [-0.25, -0.2) is 4.98 Å². The molecule has 1 saturated heterocycles. The standard InChI is InChI=1S/C19H25N3O2/c1-13-11-22(12-14(2)20-13)18(23)10-9-17-21-15(3)19(24-17)16-7-5-4-6-8-16/h4-8,13-14,20H,9-12H2,1-3H3/t13-,14-/m1/s1. The van der Waals surface area contributed by atoms with Crippen LogP contribution in [0.15, 0.2) is 34.7 Å². The van der Waals surface area contributed by atoms with E-state index in [2.05, 4.69) is 24.1 Å². The molecule has 0 bridgehead atoms. The Morgan fingerprint density at radius 3 is 2.58 bits per heavy atom. The maximum atomic E-state index is 12.5. The minimum absolute atomic E-state index is 0.173. The van der Waals surface area contributed by atoms with E-state index in [9.17, 15) is 4.79 Å². The van der Waals surface area contributed by atoms with Crippen LogP contribution in [0.5, 0.6) is 0 Å². The number of carbonyl (C=O) groups excluding carboxylic acids is 1. The molecule has 0 unspecified atom stereocenters. The minimum atomic E-state index is 0.173. The highest BCUT2D eigenvalue weighted by atomic mass is 16.4. The Hall–Kier alpha value is -2.14. The van der Waals surface area contributed by atoms with Gasteiger partial charge in [-0.05, 0) is 20.8 Å². The zero-order chi connectivity index (χ0) is 17.1. The average molecular weight is 327 g/mol. The van der Waals surface area contributed by atoms with Crippen molar-refractivity contribution in [3.8, 4) is 11.3 Å². The summed E-state index contributed by atoms with van der Waals surface area (Å²) in [6, 6.07) is 10.6. The fraction of sp³-hybridized carbons (Fsp3) is 0.474. The molecular weight excluding hydrogens is 302 g/mol. The molecule has 0 radical (unpaired) electrons. The third-order valence-corrected chi connectivity index (χ3v) is 4.34. The molecule has 0 saturated carbocycles. The topological polar surface area (TPSA) is 58.4 Å². The fourth-order valence-corrected chi connectivity index (χ4v) is 3.32. The molecule has 0 spiro atoms. The van der Waals surface area contributed by atoms with Gasteiger partial charge in [-0.3, -0.25) is 4.79 Å². The van der Waals surface area contributed by atoms with Crippen LogP contribution in [0.2, 0.25) is 0 Å². The molecule has 1 fully saturated rings. The van der Waals surface area contributed by atoms with Crippen LogP contribution in [0.25, 0.3) is 11.3 Å². The molecule has 1 N–H and O–H groups in total. The third-order valence-electron chi connectivity index (χ3n) is 4.34. The van der Waals surface area contributed by atoms with E-state index in [1.165, 1.54) is 0 Å². The van der Waals surface area contributed by atoms with Crippen LogP contribution in [0, 0.1) is 6.92 Å². The van der Waals surface area contributed by atoms with Gasteiger partial charge in [0, 0.05) is 43.6 Å². The second-order valence-electron chi connectivity index (χ2n) is 6.66. The van der Waals surface area contributed by atoms with Gasteiger partial charge in [-0.1, -0.05) is 30.3 Å². The summed E-state index contributed by atoms with van der Waals surface area (Å²) in [5.74, 6) is 1.60. The van der Waals surface area contributed by atoms with Gasteiger partial charge in [0.2, 0.25) is 5.91 Å². The second kappa shape index (κ2) is 7.18. The Morgan fingerprint density at radius 1 is 1.25 bits per heavy atom. The zero-order valence-corrected chi connectivity index (χ0v) is 14.6. The van der Waals surface area contributed by atoms with E-state index in [4.69, 9.17) is 4.42 Å². The van der Waals surface area contributed by atoms with Gasteiger partial charge >= 0.3 is 0 Å². The van der Waals surface area contributed by atoms with Crippen LogP contribution in [0.1, 0.15) is 31.9 Å². The molecule has 2 heterocycles. The van der Waals surface area contributed by atoms with Crippen molar-refractivity contribution in [1.82, 2.24) is 15.2 Å². The van der Waals surface area contributed by atoms with Crippen molar-refractivity contribution >= 4 is 5.91 Å². The van der Waals surface area contributed by atoms with Crippen molar-refractivity contribution in [3.63, 3.8) is 0 Å². The molecule has 1 aliphatic heterocycles. The van der Waals surface area contributed by atoms with Crippen LogP contribution >= 0.6 is 0 Å². The maximum Gasteiger partial charge on any atom is 0.223 e. The summed E-state index contributed by atoms with van der Waals surface area (Å²) in [5, 5.41) is 3.44. The normalized spacial score (nSPS) is 21.0. The molecule has 128 valence electrons. The van der Waals surface area contributed by atoms with Gasteiger partial charge in [0.15, 0.2) is 11.7 Å². The molecule has 5 nitrogen and oxygen atoms in total. The number of hydrogen-bond donors (Lipinski definition) is 1. The lowest BCUT2D eigenvalue weighted by atomic mass is 10.1. The predicted octanol–water partition coefficient (Wildman–Crippen LogP) is 2.79. The van der Waals surface area contributed by atoms with E-state index < -0.39 is 0 Å². The number of piperazine rings is 1. The Bertz CT molecular complexity index is 686. The molecular formula is C19H25N3O2. The lowest BCUT2D eigenvalue weighted by Crippen LogP contribution is -2.55. The lowest BCUT2D eigenvalue weighted by molar-refractivity contribution is -0.133. The number of carbonyl (C=O) groups is 1. The number of oxazole rings is 1. The molecule has 24 heavy (non-hydrogen) atoms. The largest absolute Gasteiger partial charge is 0.440 e. The molecule has 1 amide bonds. The van der Waals surface area contributed by atoms with Gasteiger partial charge in [-0.2, -0.15) is 0 Å². The minimum Gasteiger partial charge on any atom is -0.440 e. The first-order chi connectivity index (χ1) is 11.5. The summed E-state index contributed by atoms with van der Waals surface area (Å²) < 4.78 is 5.89. The molecule has 1 aromatic carbocycles. The zero-order valence-electron chi connectivity index (χ0n) is 14.6. The number of rotatable bonds is 4. The van der Waals surface area contributed by atoms with Crippen molar-refractivity contribution in [3.05, 3.63) is 41.9 Å². The van der Waals surface area contributed by atoms with Crippen molar-refractivity contribution in [2.45, 2.75) is 45.7 Å². The van der Waals surface area contributed by atoms with Gasteiger partial charge < -0.3 is 14.6 Å². The van der Waals surface area contributed by atoms with Crippen molar-refractivity contribution in [1.29, 1.82) is 0 Å². The second-order valence-corrected chi connectivity index (χ2v) is 6.66. The van der Waals surface area contributed by atoms with Gasteiger partial charge in [-0.15, -0.1) is 0 Å². The molecule has 1 aliphatic rings. The van der Waals surface area contributed by atoms with Crippen molar-refractivity contribution in [2.24, 2.45) is 0 Å². The third kappa shape index (κ3) is 3.85. The fourth-order valence-electron chi connectivity index (χ4n) is 3.32. The maximum absolute atomic E-state index is 12.5. The number of hydrogen-bond acceptors (Lipinski definition) is 4. The number of amides is 1. The van der Waals surface area contributed by atoms with Crippen LogP contribution in [-0.4, -0.2) is 41.0 Å². The first kappa shape index (κ1) is 16.7. The highest BCUT2D eigenvalue weighted by Gasteiger charge is 2.24. The van der Waals surface area contributed by atoms with Crippen LogP contribution < -0.4 is 5.32 Å². The lowest BCUT2D eigenvalue weighted by Gasteiger charge is -2.36. The molecule has 2 aromatic rings. The monoisotopic (exact) mass is 327 g/mol. The van der Waals surface area contributed by atoms with Crippen molar-refractivity contribution in [2.75, 3.05) is 13.1 Å². The van der Waals surface area contributed by atoms with E-state index in [0.717, 1.165) is 30.1 Å². The Balaban J connectivity index is 1.62. The Morgan fingerprint density at radius 2 is 1.92 bits per heavy atom. The summed E-state index contributed by atoms with van der Waals surface area (Å²) in [5.41, 5.74) is 1.89. The number of aromatic nitrogens is 1. The van der Waals surface area contributed by atoms with E-state index in [1.54, 1.807) is 0 Å². The number of aryl methyl sites for hydroxylation is 2. The summed E-state index contributed by atoms with van der Waals surface area (Å²) in [4.78, 5) is 18.9. The first-order valence-electron chi connectivity index (χ1n) is 8.58. The average Bonchev–Trinajstić information content (AvgIpc) is 2.93. The van der Waals surface area contributed by atoms with E-state index >= 15 is 0 Å². The van der Waals surface area contributed by atoms with E-state index in [1.807, 2.05) is 42.2 Å². The van der Waals surface area contributed by atoms with E-state index in [-0.39, 0.29) is 5.91 Å². The van der Waals surface area contributed by atoms with Crippen LogP contribution in [0.3, 0.4) is 0 Å². The number of nitrogens with one attached hydrogen (secondary N) is 1. The Kier molecular flexibility index (Phi) is 5.00. The quantitative estimate of drug-likeness (QED) is 0.938. The molecule has 5 heteroatoms. The Labute approximate surface area is 143 Å². The summed E-state index contributed by atoms with van der Waals surface area (Å²) in [6.07, 6.45) is 0.979. The van der Waals surface area contributed by atoms with E-state index in [0.29, 0.717) is 30.8 Å². The summed E-state index contributed by atoms with van der Waals surface area (Å²) in [6.45, 7) is 7.70. The molecule has 3 rings (SSSR count). The molecule has 2 atom stereocenters. The molecule has 1 aromatic heterocycles. The van der Waals surface area contributed by atoms with Crippen LogP contribution in [0.4, 0.5) is 0 Å². The number of benzene rings is 1. The smallest absolute Gasteiger partial charge is 0.223 e. The highest BCUT2D eigenvalue weighted by molar-refractivity contribution is 5.76. The molecule has 0 aliphatic carbocycles. The SMILES string of the molecule is Cc1nc(CCC(=O)N2C[C@@H](C)N[C@H](C)C2)oc1-c1ccccc1. The van der Waals surface area contributed by atoms with Gasteiger partial charge in [0.05, 0.1) is 5.69 Å². The summed E-state index contributed by atoms with van der Waals surface area (Å²) in [7, 11) is 0. The first-order valence-corrected chi connectivity index (χ1v) is 8.58. The van der Waals surface area contributed by atoms with Gasteiger partial charge in [0.1, 0.15) is 0 Å². The van der Waals surface area contributed by atoms with Gasteiger partial charge in [0.25, 0.3) is 0 Å². The number of nitrogens with zero attached hydrogens (tertiary/aromatic N) is 2. The predicted molar refractivity (Wildman–Crippen MR) is 93.6 cm³/mol. The highest BCUT2D eigenvalue weighted by Crippen LogP contribution is 2.24. The van der Waals surface area contributed by atoms with Crippen molar-refractivity contribution < 1.29 is 9.21 Å². The summed E-state index contributed by atoms with van der Waals surface area (Å²) >= 11 is 0.